The van der Waals surface area contributed by atoms with Crippen molar-refractivity contribution in [3.05, 3.63) is 81.5 Å². The number of esters is 1. The van der Waals surface area contributed by atoms with E-state index < -0.39 is 11.9 Å². The second-order valence-corrected chi connectivity index (χ2v) is 6.75. The van der Waals surface area contributed by atoms with Crippen LogP contribution in [0.2, 0.25) is 0 Å². The highest BCUT2D eigenvalue weighted by molar-refractivity contribution is 5.95. The summed E-state index contributed by atoms with van der Waals surface area (Å²) in [6, 6.07) is 14.5. The molecule has 0 fully saturated rings. The number of nitrogens with two attached hydrogens (primary N) is 1. The van der Waals surface area contributed by atoms with Gasteiger partial charge in [-0.1, -0.05) is 30.3 Å². The fourth-order valence-corrected chi connectivity index (χ4v) is 3.80. The van der Waals surface area contributed by atoms with Gasteiger partial charge in [-0.3, -0.25) is 4.79 Å². The van der Waals surface area contributed by atoms with Crippen LogP contribution in [0.15, 0.2) is 64.8 Å². The number of nitrogens with one attached hydrogen (secondary N) is 1. The SMILES string of the molecule is CCOC(=O)C1=C(N)Oc2c(c(=O)[nH]c3ccccc23)[C@@H]1c1ccccc1OCC. The molecule has 7 nitrogen and oxygen atoms in total. The van der Waals surface area contributed by atoms with E-state index in [2.05, 4.69) is 4.98 Å². The Morgan fingerprint density at radius 2 is 1.83 bits per heavy atom. The third-order valence-corrected chi connectivity index (χ3v) is 4.99. The first-order chi connectivity index (χ1) is 14.6. The Labute approximate surface area is 173 Å². The maximum atomic E-state index is 13.2. The molecule has 154 valence electrons. The van der Waals surface area contributed by atoms with Gasteiger partial charge >= 0.3 is 5.97 Å². The summed E-state index contributed by atoms with van der Waals surface area (Å²) in [6.45, 7) is 4.16. The average Bonchev–Trinajstić information content (AvgIpc) is 2.74. The average molecular weight is 406 g/mol. The molecule has 2 aromatic carbocycles. The van der Waals surface area contributed by atoms with Crippen molar-refractivity contribution in [1.29, 1.82) is 0 Å². The number of aromatic nitrogens is 1. The molecule has 1 aliphatic rings. The van der Waals surface area contributed by atoms with Gasteiger partial charge in [0.2, 0.25) is 5.88 Å². The van der Waals surface area contributed by atoms with Crippen molar-refractivity contribution >= 4 is 16.9 Å². The Morgan fingerprint density at radius 3 is 2.60 bits per heavy atom. The molecular formula is C23H22N2O5. The zero-order valence-electron chi connectivity index (χ0n) is 16.7. The lowest BCUT2D eigenvalue weighted by Crippen LogP contribution is -2.32. The van der Waals surface area contributed by atoms with Crippen LogP contribution in [0.3, 0.4) is 0 Å². The summed E-state index contributed by atoms with van der Waals surface area (Å²) in [4.78, 5) is 28.9. The fourth-order valence-electron chi connectivity index (χ4n) is 3.80. The summed E-state index contributed by atoms with van der Waals surface area (Å²) in [5.74, 6) is -0.641. The van der Waals surface area contributed by atoms with Gasteiger partial charge in [0.15, 0.2) is 0 Å². The first kappa shape index (κ1) is 19.6. The topological polar surface area (TPSA) is 104 Å². The first-order valence-electron chi connectivity index (χ1n) is 9.78. The van der Waals surface area contributed by atoms with Gasteiger partial charge in [-0.25, -0.2) is 4.79 Å². The zero-order valence-corrected chi connectivity index (χ0v) is 16.7. The van der Waals surface area contributed by atoms with Gasteiger partial charge in [0.1, 0.15) is 17.1 Å². The highest BCUT2D eigenvalue weighted by Gasteiger charge is 2.39. The number of carbonyl (C=O) groups excluding carboxylic acids is 1. The van der Waals surface area contributed by atoms with E-state index in [1.54, 1.807) is 19.1 Å². The molecular weight excluding hydrogens is 384 g/mol. The normalized spacial score (nSPS) is 15.5. The molecule has 30 heavy (non-hydrogen) atoms. The largest absolute Gasteiger partial charge is 0.494 e. The summed E-state index contributed by atoms with van der Waals surface area (Å²) in [7, 11) is 0. The van der Waals surface area contributed by atoms with E-state index in [0.717, 1.165) is 0 Å². The predicted octanol–water partition coefficient (Wildman–Crippen LogP) is 3.18. The van der Waals surface area contributed by atoms with Gasteiger partial charge in [0.05, 0.1) is 30.2 Å². The number of hydrogen-bond acceptors (Lipinski definition) is 6. The van der Waals surface area contributed by atoms with Gasteiger partial charge in [0, 0.05) is 10.9 Å². The minimum absolute atomic E-state index is 0.0808. The molecule has 0 bridgehead atoms. The van der Waals surface area contributed by atoms with Crippen molar-refractivity contribution < 1.29 is 19.0 Å². The Morgan fingerprint density at radius 1 is 1.10 bits per heavy atom. The standard InChI is InChI=1S/C23H22N2O5/c1-3-28-16-12-8-6-10-14(16)17-18-20(30-21(24)19(17)23(27)29-4-2)13-9-5-7-11-15(13)25-22(18)26/h5-12,17H,3-4,24H2,1-2H3,(H,25,26)/t17-/m0/s1. The Balaban J connectivity index is 2.05. The molecule has 1 atom stereocenters. The molecule has 0 spiro atoms. The molecule has 0 saturated heterocycles. The Hall–Kier alpha value is -3.74. The van der Waals surface area contributed by atoms with E-state index in [1.807, 2.05) is 43.3 Å². The van der Waals surface area contributed by atoms with Gasteiger partial charge in [-0.2, -0.15) is 0 Å². The van der Waals surface area contributed by atoms with Crippen molar-refractivity contribution in [2.75, 3.05) is 13.2 Å². The first-order valence-corrected chi connectivity index (χ1v) is 9.78. The van der Waals surface area contributed by atoms with Crippen molar-refractivity contribution in [3.63, 3.8) is 0 Å². The number of pyridine rings is 1. The number of rotatable bonds is 5. The lowest BCUT2D eigenvalue weighted by Gasteiger charge is -2.29. The smallest absolute Gasteiger partial charge is 0.340 e. The molecule has 4 rings (SSSR count). The number of fused-ring (bicyclic) bond motifs is 3. The van der Waals surface area contributed by atoms with Crippen LogP contribution in [-0.4, -0.2) is 24.2 Å². The van der Waals surface area contributed by atoms with E-state index in [9.17, 15) is 9.59 Å². The highest BCUT2D eigenvalue weighted by Crippen LogP contribution is 2.45. The van der Waals surface area contributed by atoms with E-state index in [0.29, 0.717) is 34.6 Å². The number of carbonyl (C=O) groups is 1. The maximum absolute atomic E-state index is 13.2. The van der Waals surface area contributed by atoms with Crippen LogP contribution in [0, 0.1) is 0 Å². The molecule has 3 aromatic rings. The second-order valence-electron chi connectivity index (χ2n) is 6.75. The zero-order chi connectivity index (χ0) is 21.3. The quantitative estimate of drug-likeness (QED) is 0.631. The number of aromatic amines is 1. The van der Waals surface area contributed by atoms with Gasteiger partial charge in [-0.15, -0.1) is 0 Å². The minimum atomic E-state index is -0.802. The van der Waals surface area contributed by atoms with Crippen molar-refractivity contribution in [1.82, 2.24) is 4.98 Å². The summed E-state index contributed by atoms with van der Waals surface area (Å²) >= 11 is 0. The van der Waals surface area contributed by atoms with Crippen LogP contribution in [0.5, 0.6) is 11.5 Å². The van der Waals surface area contributed by atoms with Crippen LogP contribution < -0.4 is 20.8 Å². The lowest BCUT2D eigenvalue weighted by atomic mass is 9.82. The van der Waals surface area contributed by atoms with Crippen LogP contribution in [0.4, 0.5) is 0 Å². The predicted molar refractivity (Wildman–Crippen MR) is 112 cm³/mol. The number of H-pyrrole nitrogens is 1. The molecule has 0 radical (unpaired) electrons. The molecule has 3 N–H and O–H groups in total. The highest BCUT2D eigenvalue weighted by atomic mass is 16.5. The molecule has 0 saturated carbocycles. The fraction of sp³-hybridized carbons (Fsp3) is 0.217. The molecule has 1 aromatic heterocycles. The monoisotopic (exact) mass is 406 g/mol. The number of benzene rings is 2. The van der Waals surface area contributed by atoms with Crippen LogP contribution in [0.25, 0.3) is 10.9 Å². The van der Waals surface area contributed by atoms with E-state index in [-0.39, 0.29) is 29.2 Å². The number of ether oxygens (including phenoxy) is 3. The summed E-state index contributed by atoms with van der Waals surface area (Å²) in [5.41, 5.74) is 7.48. The molecule has 0 amide bonds. The Kier molecular flexibility index (Phi) is 5.18. The Bertz CT molecular complexity index is 1210. The summed E-state index contributed by atoms with van der Waals surface area (Å²) < 4.78 is 16.9. The molecule has 2 heterocycles. The minimum Gasteiger partial charge on any atom is -0.494 e. The molecule has 1 aliphatic heterocycles. The van der Waals surface area contributed by atoms with Crippen molar-refractivity contribution in [2.45, 2.75) is 19.8 Å². The second kappa shape index (κ2) is 7.94. The number of hydrogen-bond donors (Lipinski definition) is 2. The van der Waals surface area contributed by atoms with Crippen molar-refractivity contribution in [2.24, 2.45) is 5.73 Å². The third-order valence-electron chi connectivity index (χ3n) is 4.99. The van der Waals surface area contributed by atoms with E-state index in [1.165, 1.54) is 0 Å². The van der Waals surface area contributed by atoms with Crippen molar-refractivity contribution in [3.8, 4) is 11.5 Å². The molecule has 0 aliphatic carbocycles. The van der Waals surface area contributed by atoms with Crippen LogP contribution >= 0.6 is 0 Å². The van der Waals surface area contributed by atoms with Gasteiger partial charge in [0.25, 0.3) is 5.56 Å². The third kappa shape index (κ3) is 3.18. The number of para-hydroxylation sites is 2. The lowest BCUT2D eigenvalue weighted by molar-refractivity contribution is -0.139. The van der Waals surface area contributed by atoms with E-state index in [4.69, 9.17) is 19.9 Å². The molecule has 7 heteroatoms. The van der Waals surface area contributed by atoms with Crippen LogP contribution in [-0.2, 0) is 9.53 Å². The molecule has 0 unspecified atom stereocenters. The van der Waals surface area contributed by atoms with Crippen LogP contribution in [0.1, 0.15) is 30.9 Å². The van der Waals surface area contributed by atoms with Gasteiger partial charge in [-0.05, 0) is 32.0 Å². The van der Waals surface area contributed by atoms with Gasteiger partial charge < -0.3 is 24.9 Å². The maximum Gasteiger partial charge on any atom is 0.340 e. The summed E-state index contributed by atoms with van der Waals surface area (Å²) in [5, 5.41) is 0.692. The summed E-state index contributed by atoms with van der Waals surface area (Å²) in [6.07, 6.45) is 0. The van der Waals surface area contributed by atoms with E-state index >= 15 is 0 Å².